The lowest BCUT2D eigenvalue weighted by atomic mass is 10.3. The number of benzene rings is 1. The van der Waals surface area contributed by atoms with E-state index in [1.54, 1.807) is 0 Å². The molecule has 2 rings (SSSR count). The number of nitrogens with one attached hydrogen (secondary N) is 1. The highest BCUT2D eigenvalue weighted by Gasteiger charge is 2.19. The first kappa shape index (κ1) is 14.4. The van der Waals surface area contributed by atoms with E-state index < -0.39 is 38.1 Å². The topological polar surface area (TPSA) is 115 Å². The van der Waals surface area contributed by atoms with Gasteiger partial charge in [0, 0.05) is 0 Å². The average molecular weight is 320 g/mol. The summed E-state index contributed by atoms with van der Waals surface area (Å²) in [4.78, 5) is 10.9. The lowest BCUT2D eigenvalue weighted by Gasteiger charge is -2.07. The fraction of sp³-hybridized carbons (Fsp3) is 0. The molecule has 1 aromatic heterocycles. The lowest BCUT2D eigenvalue weighted by molar-refractivity contribution is 0.102. The minimum Gasteiger partial charge on any atom is -0.316 e. The number of nitrogens with zero attached hydrogens (tertiary/aromatic N) is 2. The molecule has 2 aromatic rings. The molecule has 106 valence electrons. The van der Waals surface area contributed by atoms with Crippen molar-refractivity contribution in [1.82, 2.24) is 9.59 Å². The van der Waals surface area contributed by atoms with Gasteiger partial charge in [0.1, 0.15) is 10.6 Å². The second-order valence-electron chi connectivity index (χ2n) is 3.54. The molecule has 20 heavy (non-hydrogen) atoms. The number of amides is 1. The highest BCUT2D eigenvalue weighted by Crippen LogP contribution is 2.23. The number of hydrogen-bond donors (Lipinski definition) is 2. The van der Waals surface area contributed by atoms with Crippen LogP contribution >= 0.6 is 11.5 Å². The van der Waals surface area contributed by atoms with Crippen LogP contribution in [-0.4, -0.2) is 23.9 Å². The van der Waals surface area contributed by atoms with Gasteiger partial charge in [-0.3, -0.25) is 4.79 Å². The average Bonchev–Trinajstić information content (AvgIpc) is 2.85. The maximum Gasteiger partial charge on any atom is 0.269 e. The third-order valence-electron chi connectivity index (χ3n) is 2.17. The third kappa shape index (κ3) is 2.95. The van der Waals surface area contributed by atoms with Crippen molar-refractivity contribution in [3.05, 3.63) is 34.8 Å². The molecule has 0 unspecified atom stereocenters. The molecule has 0 bridgehead atoms. The summed E-state index contributed by atoms with van der Waals surface area (Å²) in [5.74, 6) is -3.35. The molecule has 0 spiro atoms. The molecule has 0 atom stereocenters. The molecule has 0 aliphatic heterocycles. The molecule has 3 N–H and O–H groups in total. The molecule has 0 saturated heterocycles. The van der Waals surface area contributed by atoms with E-state index >= 15 is 0 Å². The van der Waals surface area contributed by atoms with E-state index in [2.05, 4.69) is 9.59 Å². The van der Waals surface area contributed by atoms with E-state index in [1.165, 1.54) is 0 Å². The summed E-state index contributed by atoms with van der Waals surface area (Å²) in [7, 11) is -4.25. The van der Waals surface area contributed by atoms with Gasteiger partial charge >= 0.3 is 0 Å². The summed E-state index contributed by atoms with van der Waals surface area (Å²) in [6, 6.07) is 1.03. The first-order valence-corrected chi connectivity index (χ1v) is 7.21. The van der Waals surface area contributed by atoms with Crippen molar-refractivity contribution in [1.29, 1.82) is 0 Å². The highest BCUT2D eigenvalue weighted by atomic mass is 32.2. The molecule has 0 aliphatic carbocycles. The largest absolute Gasteiger partial charge is 0.316 e. The molecule has 0 saturated carbocycles. The molecule has 11 heteroatoms. The van der Waals surface area contributed by atoms with Crippen LogP contribution in [-0.2, 0) is 10.0 Å². The van der Waals surface area contributed by atoms with Gasteiger partial charge in [0.15, 0.2) is 11.6 Å². The van der Waals surface area contributed by atoms with Crippen LogP contribution in [0.4, 0.5) is 14.5 Å². The van der Waals surface area contributed by atoms with Crippen LogP contribution in [0.25, 0.3) is 0 Å². The minimum atomic E-state index is -4.25. The number of carbonyl (C=O) groups excluding carboxylic acids is 1. The zero-order valence-electron chi connectivity index (χ0n) is 9.50. The second kappa shape index (κ2) is 5.19. The van der Waals surface area contributed by atoms with Crippen molar-refractivity contribution >= 4 is 33.2 Å². The fourth-order valence-electron chi connectivity index (χ4n) is 1.28. The van der Waals surface area contributed by atoms with Gasteiger partial charge in [-0.05, 0) is 23.7 Å². The number of halogens is 2. The van der Waals surface area contributed by atoms with Gasteiger partial charge in [-0.15, -0.1) is 5.10 Å². The Morgan fingerprint density at radius 2 is 1.90 bits per heavy atom. The van der Waals surface area contributed by atoms with E-state index in [-0.39, 0.29) is 4.88 Å². The van der Waals surface area contributed by atoms with Gasteiger partial charge in [-0.25, -0.2) is 22.3 Å². The van der Waals surface area contributed by atoms with Crippen LogP contribution in [0.2, 0.25) is 0 Å². The van der Waals surface area contributed by atoms with E-state index in [1.807, 2.05) is 5.32 Å². The quantitative estimate of drug-likeness (QED) is 0.864. The number of anilines is 1. The molecule has 0 radical (unpaired) electrons. The maximum absolute atomic E-state index is 13.6. The van der Waals surface area contributed by atoms with Crippen molar-refractivity contribution in [3.8, 4) is 0 Å². The number of aromatic nitrogens is 2. The Balaban J connectivity index is 2.37. The standard InChI is InChI=1S/C9H6F2N4O3S2/c10-5-1-4(20(12,17)18)2-6(11)8(5)14-9(16)7-3-13-15-19-7/h1-3H,(H,14,16)(H2,12,17,18). The molecular weight excluding hydrogens is 314 g/mol. The Kier molecular flexibility index (Phi) is 3.74. The Bertz CT molecular complexity index is 738. The van der Waals surface area contributed by atoms with Crippen LogP contribution in [0, 0.1) is 11.6 Å². The molecule has 0 aliphatic rings. The number of hydrogen-bond acceptors (Lipinski definition) is 6. The molecule has 0 fully saturated rings. The van der Waals surface area contributed by atoms with Crippen molar-refractivity contribution in [2.24, 2.45) is 5.14 Å². The number of primary sulfonamides is 1. The zero-order chi connectivity index (χ0) is 14.9. The normalized spacial score (nSPS) is 11.3. The van der Waals surface area contributed by atoms with Crippen LogP contribution < -0.4 is 10.5 Å². The summed E-state index contributed by atoms with van der Waals surface area (Å²) in [5.41, 5.74) is -0.782. The predicted molar refractivity (Wildman–Crippen MR) is 65.6 cm³/mol. The molecule has 1 amide bonds. The van der Waals surface area contributed by atoms with E-state index in [4.69, 9.17) is 5.14 Å². The molecular formula is C9H6F2N4O3S2. The Hall–Kier alpha value is -1.98. The van der Waals surface area contributed by atoms with Gasteiger partial charge in [0.05, 0.1) is 11.1 Å². The van der Waals surface area contributed by atoms with Gasteiger partial charge < -0.3 is 5.32 Å². The van der Waals surface area contributed by atoms with E-state index in [9.17, 15) is 22.0 Å². The Morgan fingerprint density at radius 3 is 2.35 bits per heavy atom. The maximum atomic E-state index is 13.6. The smallest absolute Gasteiger partial charge is 0.269 e. The second-order valence-corrected chi connectivity index (χ2v) is 5.89. The summed E-state index contributed by atoms with van der Waals surface area (Å²) < 4.78 is 52.7. The summed E-state index contributed by atoms with van der Waals surface area (Å²) in [5, 5.41) is 10.1. The van der Waals surface area contributed by atoms with Crippen LogP contribution in [0.3, 0.4) is 0 Å². The van der Waals surface area contributed by atoms with Crippen LogP contribution in [0.15, 0.2) is 23.2 Å². The predicted octanol–water partition coefficient (Wildman–Crippen LogP) is 0.716. The zero-order valence-corrected chi connectivity index (χ0v) is 11.1. The van der Waals surface area contributed by atoms with Gasteiger partial charge in [-0.2, -0.15) is 0 Å². The van der Waals surface area contributed by atoms with E-state index in [0.717, 1.165) is 17.7 Å². The fourth-order valence-corrected chi connectivity index (χ4v) is 2.22. The van der Waals surface area contributed by atoms with E-state index in [0.29, 0.717) is 12.1 Å². The summed E-state index contributed by atoms with van der Waals surface area (Å²) >= 11 is 0.735. The number of nitrogens with two attached hydrogens (primary N) is 1. The molecule has 7 nitrogen and oxygen atoms in total. The Morgan fingerprint density at radius 1 is 1.30 bits per heavy atom. The third-order valence-corrected chi connectivity index (χ3v) is 3.72. The van der Waals surface area contributed by atoms with Crippen molar-refractivity contribution < 1.29 is 22.0 Å². The first-order valence-electron chi connectivity index (χ1n) is 4.89. The summed E-state index contributed by atoms with van der Waals surface area (Å²) in [6.45, 7) is 0. The minimum absolute atomic E-state index is 0.0410. The Labute approximate surface area is 115 Å². The first-order chi connectivity index (χ1) is 9.29. The van der Waals surface area contributed by atoms with Gasteiger partial charge in [0.25, 0.3) is 5.91 Å². The lowest BCUT2D eigenvalue weighted by Crippen LogP contribution is -2.16. The van der Waals surface area contributed by atoms with Gasteiger partial charge in [-0.1, -0.05) is 4.49 Å². The van der Waals surface area contributed by atoms with Crippen molar-refractivity contribution in [2.45, 2.75) is 4.90 Å². The van der Waals surface area contributed by atoms with Crippen molar-refractivity contribution in [2.75, 3.05) is 5.32 Å². The molecule has 1 aromatic carbocycles. The molecule has 1 heterocycles. The monoisotopic (exact) mass is 320 g/mol. The number of carbonyl (C=O) groups is 1. The van der Waals surface area contributed by atoms with Gasteiger partial charge in [0.2, 0.25) is 10.0 Å². The SMILES string of the molecule is NS(=O)(=O)c1cc(F)c(NC(=O)c2cnns2)c(F)c1. The van der Waals surface area contributed by atoms with Crippen LogP contribution in [0.5, 0.6) is 0 Å². The van der Waals surface area contributed by atoms with Crippen molar-refractivity contribution in [3.63, 3.8) is 0 Å². The van der Waals surface area contributed by atoms with Crippen LogP contribution in [0.1, 0.15) is 9.67 Å². The highest BCUT2D eigenvalue weighted by molar-refractivity contribution is 7.89. The number of rotatable bonds is 3. The summed E-state index contributed by atoms with van der Waals surface area (Å²) in [6.07, 6.45) is 1.12. The number of sulfonamides is 1.